The SMILES string of the molecule is CC1CN(c2nc3ccccn3c(=O)c2/C=C2\SC(=S)N(CCCc3ccccc3)C2=O)CC(C)O1. The summed E-state index contributed by atoms with van der Waals surface area (Å²) in [4.78, 5) is 35.9. The maximum atomic E-state index is 13.6. The average Bonchev–Trinajstić information content (AvgIpc) is 3.13. The molecule has 9 heteroatoms. The van der Waals surface area contributed by atoms with Crippen LogP contribution in [0.25, 0.3) is 11.7 Å². The predicted octanol–water partition coefficient (Wildman–Crippen LogP) is 4.14. The van der Waals surface area contributed by atoms with Gasteiger partial charge >= 0.3 is 0 Å². The van der Waals surface area contributed by atoms with Crippen LogP contribution in [-0.4, -0.2) is 56.4 Å². The standard InChI is InChI=1S/C27H28N4O3S2/c1-18-16-29(17-19(2)34-18)24-21(25(32)30-13-7-6-12-23(30)28-24)15-22-26(33)31(27(35)36-22)14-8-11-20-9-4-3-5-10-20/h3-7,9-10,12-13,15,18-19H,8,11,14,16-17H2,1-2H3/b22-15-. The first kappa shape index (κ1) is 24.7. The van der Waals surface area contributed by atoms with E-state index in [1.807, 2.05) is 44.2 Å². The topological polar surface area (TPSA) is 67.2 Å². The Morgan fingerprint density at radius 3 is 2.56 bits per heavy atom. The largest absolute Gasteiger partial charge is 0.372 e. The zero-order valence-electron chi connectivity index (χ0n) is 20.3. The molecule has 2 aliphatic heterocycles. The van der Waals surface area contributed by atoms with E-state index >= 15 is 0 Å². The Kier molecular flexibility index (Phi) is 7.22. The van der Waals surface area contributed by atoms with E-state index in [0.29, 0.717) is 45.9 Å². The van der Waals surface area contributed by atoms with E-state index in [1.54, 1.807) is 23.2 Å². The number of morpholine rings is 1. The van der Waals surface area contributed by atoms with Crippen molar-refractivity contribution < 1.29 is 9.53 Å². The lowest BCUT2D eigenvalue weighted by molar-refractivity contribution is -0.122. The maximum Gasteiger partial charge on any atom is 0.267 e. The van der Waals surface area contributed by atoms with Gasteiger partial charge in [-0.25, -0.2) is 4.98 Å². The van der Waals surface area contributed by atoms with E-state index in [2.05, 4.69) is 17.0 Å². The molecular weight excluding hydrogens is 492 g/mol. The Balaban J connectivity index is 1.46. The number of ether oxygens (including phenoxy) is 1. The molecule has 2 unspecified atom stereocenters. The third-order valence-corrected chi connectivity index (χ3v) is 7.68. The first-order valence-corrected chi connectivity index (χ1v) is 13.3. The van der Waals surface area contributed by atoms with Gasteiger partial charge in [0.25, 0.3) is 11.5 Å². The van der Waals surface area contributed by atoms with Gasteiger partial charge in [-0.05, 0) is 50.5 Å². The summed E-state index contributed by atoms with van der Waals surface area (Å²) in [6.07, 6.45) is 5.04. The van der Waals surface area contributed by atoms with Crippen molar-refractivity contribution in [3.63, 3.8) is 0 Å². The molecular formula is C27H28N4O3S2. The molecule has 0 N–H and O–H groups in total. The second-order valence-corrected chi connectivity index (χ2v) is 10.8. The molecule has 0 bridgehead atoms. The van der Waals surface area contributed by atoms with E-state index in [0.717, 1.165) is 12.8 Å². The second-order valence-electron chi connectivity index (χ2n) is 9.17. The van der Waals surface area contributed by atoms with Crippen LogP contribution < -0.4 is 10.5 Å². The van der Waals surface area contributed by atoms with Crippen LogP contribution in [0, 0.1) is 0 Å². The molecule has 2 fully saturated rings. The van der Waals surface area contributed by atoms with Gasteiger partial charge in [-0.15, -0.1) is 0 Å². The Labute approximate surface area is 219 Å². The van der Waals surface area contributed by atoms with Gasteiger partial charge in [-0.2, -0.15) is 0 Å². The summed E-state index contributed by atoms with van der Waals surface area (Å²) < 4.78 is 7.93. The van der Waals surface area contributed by atoms with Crippen molar-refractivity contribution in [3.8, 4) is 0 Å². The van der Waals surface area contributed by atoms with Crippen LogP contribution in [-0.2, 0) is 16.0 Å². The fraction of sp³-hybridized carbons (Fsp3) is 0.333. The minimum atomic E-state index is -0.211. The Hall–Kier alpha value is -3.01. The number of hydrogen-bond acceptors (Lipinski definition) is 7. The molecule has 2 saturated heterocycles. The second kappa shape index (κ2) is 10.5. The van der Waals surface area contributed by atoms with E-state index in [1.165, 1.54) is 21.7 Å². The lowest BCUT2D eigenvalue weighted by Gasteiger charge is -2.36. The summed E-state index contributed by atoms with van der Waals surface area (Å²) in [5.41, 5.74) is 1.98. The minimum absolute atomic E-state index is 0.000417. The Morgan fingerprint density at radius 1 is 1.08 bits per heavy atom. The minimum Gasteiger partial charge on any atom is -0.372 e. The molecule has 0 aliphatic carbocycles. The highest BCUT2D eigenvalue weighted by atomic mass is 32.2. The summed E-state index contributed by atoms with van der Waals surface area (Å²) in [7, 11) is 0. The summed E-state index contributed by atoms with van der Waals surface area (Å²) in [5.74, 6) is 0.410. The number of benzene rings is 1. The van der Waals surface area contributed by atoms with Crippen LogP contribution in [0.1, 0.15) is 31.4 Å². The molecule has 2 atom stereocenters. The van der Waals surface area contributed by atoms with Crippen molar-refractivity contribution in [2.45, 2.75) is 38.9 Å². The fourth-order valence-corrected chi connectivity index (χ4v) is 6.01. The van der Waals surface area contributed by atoms with Crippen molar-refractivity contribution in [1.29, 1.82) is 0 Å². The Morgan fingerprint density at radius 2 is 1.81 bits per heavy atom. The molecule has 0 spiro atoms. The smallest absolute Gasteiger partial charge is 0.267 e. The average molecular weight is 521 g/mol. The molecule has 0 radical (unpaired) electrons. The van der Waals surface area contributed by atoms with Gasteiger partial charge in [0.15, 0.2) is 0 Å². The molecule has 2 aromatic heterocycles. The summed E-state index contributed by atoms with van der Waals surface area (Å²) in [6, 6.07) is 15.7. The quantitative estimate of drug-likeness (QED) is 0.357. The molecule has 36 heavy (non-hydrogen) atoms. The third-order valence-electron chi connectivity index (χ3n) is 6.31. The van der Waals surface area contributed by atoms with Gasteiger partial charge in [0.2, 0.25) is 0 Å². The highest BCUT2D eigenvalue weighted by Gasteiger charge is 2.33. The van der Waals surface area contributed by atoms with Crippen molar-refractivity contribution in [1.82, 2.24) is 14.3 Å². The first-order chi connectivity index (χ1) is 17.4. The van der Waals surface area contributed by atoms with Crippen LogP contribution in [0.4, 0.5) is 5.82 Å². The summed E-state index contributed by atoms with van der Waals surface area (Å²) >= 11 is 6.78. The van der Waals surface area contributed by atoms with Crippen LogP contribution >= 0.6 is 24.0 Å². The molecule has 1 aromatic carbocycles. The van der Waals surface area contributed by atoms with Crippen molar-refractivity contribution in [2.75, 3.05) is 24.5 Å². The number of hydrogen-bond donors (Lipinski definition) is 0. The molecule has 186 valence electrons. The lowest BCUT2D eigenvalue weighted by atomic mass is 10.1. The van der Waals surface area contributed by atoms with E-state index in [4.69, 9.17) is 21.9 Å². The van der Waals surface area contributed by atoms with Crippen molar-refractivity contribution in [2.24, 2.45) is 0 Å². The molecule has 2 aliphatic rings. The van der Waals surface area contributed by atoms with Crippen LogP contribution in [0.15, 0.2) is 64.4 Å². The van der Waals surface area contributed by atoms with Crippen LogP contribution in [0.3, 0.4) is 0 Å². The third kappa shape index (κ3) is 5.09. The number of thioether (sulfide) groups is 1. The highest BCUT2D eigenvalue weighted by Crippen LogP contribution is 2.34. The molecule has 5 rings (SSSR count). The normalized spacial score (nSPS) is 21.7. The highest BCUT2D eigenvalue weighted by molar-refractivity contribution is 8.26. The van der Waals surface area contributed by atoms with Gasteiger partial charge in [-0.3, -0.25) is 18.9 Å². The number of amides is 1. The van der Waals surface area contributed by atoms with Gasteiger partial charge in [-0.1, -0.05) is 60.4 Å². The number of carbonyl (C=O) groups is 1. The van der Waals surface area contributed by atoms with Crippen LogP contribution in [0.5, 0.6) is 0 Å². The van der Waals surface area contributed by atoms with E-state index in [9.17, 15) is 9.59 Å². The number of nitrogens with zero attached hydrogens (tertiary/aromatic N) is 4. The van der Waals surface area contributed by atoms with Gasteiger partial charge in [0, 0.05) is 25.8 Å². The number of fused-ring (bicyclic) bond motifs is 1. The number of rotatable bonds is 6. The summed E-state index contributed by atoms with van der Waals surface area (Å²) in [6.45, 7) is 5.78. The van der Waals surface area contributed by atoms with E-state index in [-0.39, 0.29) is 23.7 Å². The number of carbonyl (C=O) groups excluding carboxylic acids is 1. The number of thiocarbonyl (C=S) groups is 1. The lowest BCUT2D eigenvalue weighted by Crippen LogP contribution is -2.46. The zero-order valence-corrected chi connectivity index (χ0v) is 21.9. The number of pyridine rings is 1. The molecule has 7 nitrogen and oxygen atoms in total. The summed E-state index contributed by atoms with van der Waals surface area (Å²) in [5, 5.41) is 0. The zero-order chi connectivity index (χ0) is 25.2. The molecule has 0 saturated carbocycles. The van der Waals surface area contributed by atoms with Gasteiger partial charge < -0.3 is 9.64 Å². The molecule has 1 amide bonds. The number of aryl methyl sites for hydroxylation is 1. The number of aromatic nitrogens is 2. The first-order valence-electron chi connectivity index (χ1n) is 12.1. The van der Waals surface area contributed by atoms with E-state index < -0.39 is 0 Å². The van der Waals surface area contributed by atoms with Gasteiger partial charge in [0.1, 0.15) is 15.8 Å². The molecule has 4 heterocycles. The van der Waals surface area contributed by atoms with Gasteiger partial charge in [0.05, 0.1) is 22.7 Å². The maximum absolute atomic E-state index is 13.6. The number of anilines is 1. The Bertz CT molecular complexity index is 1380. The monoisotopic (exact) mass is 520 g/mol. The van der Waals surface area contributed by atoms with Crippen LogP contribution in [0.2, 0.25) is 0 Å². The van der Waals surface area contributed by atoms with Crippen molar-refractivity contribution in [3.05, 3.63) is 81.1 Å². The molecule has 3 aromatic rings. The predicted molar refractivity (Wildman–Crippen MR) is 148 cm³/mol. The van der Waals surface area contributed by atoms with Crippen molar-refractivity contribution >= 4 is 51.7 Å². The fourth-order valence-electron chi connectivity index (χ4n) is 4.72.